The Labute approximate surface area is 228 Å². The lowest BCUT2D eigenvalue weighted by Crippen LogP contribution is -2.01. The fraction of sp³-hybridized carbons (Fsp3) is 0. The highest BCUT2D eigenvalue weighted by Crippen LogP contribution is 2.42. The third-order valence-electron chi connectivity index (χ3n) is 8.03. The van der Waals surface area contributed by atoms with Gasteiger partial charge in [0.05, 0.1) is 21.9 Å². The molecule has 0 N–H and O–H groups in total. The summed E-state index contributed by atoms with van der Waals surface area (Å²) in [6.07, 6.45) is 1.94. The predicted molar refractivity (Wildman–Crippen MR) is 164 cm³/mol. The maximum Gasteiger partial charge on any atom is 0.235 e. The van der Waals surface area contributed by atoms with Gasteiger partial charge in [0.15, 0.2) is 0 Å². The molecule has 40 heavy (non-hydrogen) atoms. The summed E-state index contributed by atoms with van der Waals surface area (Å²) in [5.41, 5.74) is 7.14. The van der Waals surface area contributed by atoms with Crippen LogP contribution in [0.15, 0.2) is 132 Å². The van der Waals surface area contributed by atoms with Gasteiger partial charge in [0.1, 0.15) is 11.2 Å². The van der Waals surface area contributed by atoms with Crippen LogP contribution in [0, 0.1) is 0 Å². The van der Waals surface area contributed by atoms with Crippen LogP contribution in [-0.4, -0.2) is 14.5 Å². The molecule has 0 saturated carbocycles. The van der Waals surface area contributed by atoms with Gasteiger partial charge in [-0.2, -0.15) is 0 Å². The van der Waals surface area contributed by atoms with Crippen LogP contribution < -0.4 is 0 Å². The molecule has 0 radical (unpaired) electrons. The molecule has 186 valence electrons. The van der Waals surface area contributed by atoms with Crippen LogP contribution in [0.2, 0.25) is 0 Å². The fourth-order valence-corrected chi connectivity index (χ4v) is 6.19. The molecule has 0 aliphatic rings. The predicted octanol–water partition coefficient (Wildman–Crippen LogP) is 9.45. The first-order chi connectivity index (χ1) is 19.8. The molecule has 0 bridgehead atoms. The normalized spacial score (nSPS) is 12.0. The zero-order chi connectivity index (χ0) is 26.2. The van der Waals surface area contributed by atoms with E-state index in [1.807, 2.05) is 12.3 Å². The average Bonchev–Trinajstić information content (AvgIpc) is 3.57. The molecule has 0 amide bonds. The maximum absolute atomic E-state index is 6.53. The van der Waals surface area contributed by atoms with Crippen LogP contribution in [0.1, 0.15) is 0 Å². The van der Waals surface area contributed by atoms with Crippen molar-refractivity contribution in [1.82, 2.24) is 14.5 Å². The Balaban J connectivity index is 1.36. The van der Waals surface area contributed by atoms with Gasteiger partial charge in [0.25, 0.3) is 0 Å². The van der Waals surface area contributed by atoms with Gasteiger partial charge in [0.2, 0.25) is 5.95 Å². The second kappa shape index (κ2) is 8.01. The lowest BCUT2D eigenvalue weighted by Gasteiger charge is -2.09. The number of aromatic nitrogens is 3. The smallest absolute Gasteiger partial charge is 0.235 e. The van der Waals surface area contributed by atoms with Crippen molar-refractivity contribution in [3.05, 3.63) is 128 Å². The molecule has 0 fully saturated rings. The quantitative estimate of drug-likeness (QED) is 0.232. The molecule has 0 aliphatic heterocycles. The van der Waals surface area contributed by atoms with E-state index in [1.165, 1.54) is 10.9 Å². The van der Waals surface area contributed by atoms with E-state index in [2.05, 4.69) is 120 Å². The molecule has 0 saturated heterocycles. The molecule has 0 spiro atoms. The molecule has 9 rings (SSSR count). The largest absolute Gasteiger partial charge is 0.455 e. The number of fused-ring (bicyclic) bond motifs is 10. The zero-order valence-corrected chi connectivity index (χ0v) is 21.4. The van der Waals surface area contributed by atoms with Crippen molar-refractivity contribution in [2.75, 3.05) is 0 Å². The topological polar surface area (TPSA) is 43.9 Å². The van der Waals surface area contributed by atoms with E-state index < -0.39 is 0 Å². The Hall–Kier alpha value is -5.48. The molecular formula is C36H21N3O. The van der Waals surface area contributed by atoms with Crippen molar-refractivity contribution in [1.29, 1.82) is 0 Å². The molecule has 4 nitrogen and oxygen atoms in total. The SMILES string of the molecule is c1ccc(-c2ccc3nc(-n4c5ccccc5c5ccc6oc7c8ccccc8ccc7c6c54)ncc3c2)cc1. The Morgan fingerprint density at radius 3 is 2.30 bits per heavy atom. The van der Waals surface area contributed by atoms with E-state index in [-0.39, 0.29) is 0 Å². The summed E-state index contributed by atoms with van der Waals surface area (Å²) >= 11 is 0. The van der Waals surface area contributed by atoms with Crippen molar-refractivity contribution in [2.24, 2.45) is 0 Å². The lowest BCUT2D eigenvalue weighted by atomic mass is 10.0. The summed E-state index contributed by atoms with van der Waals surface area (Å²) < 4.78 is 8.73. The highest BCUT2D eigenvalue weighted by molar-refractivity contribution is 6.26. The van der Waals surface area contributed by atoms with E-state index in [9.17, 15) is 0 Å². The molecular weight excluding hydrogens is 490 g/mol. The van der Waals surface area contributed by atoms with Crippen LogP contribution in [0.3, 0.4) is 0 Å². The van der Waals surface area contributed by atoms with Crippen LogP contribution in [0.5, 0.6) is 0 Å². The highest BCUT2D eigenvalue weighted by atomic mass is 16.3. The summed E-state index contributed by atoms with van der Waals surface area (Å²) in [6, 6.07) is 42.2. The first-order valence-corrected chi connectivity index (χ1v) is 13.4. The lowest BCUT2D eigenvalue weighted by molar-refractivity contribution is 0.673. The molecule has 3 aromatic heterocycles. The van der Waals surface area contributed by atoms with Crippen LogP contribution in [0.4, 0.5) is 0 Å². The highest BCUT2D eigenvalue weighted by Gasteiger charge is 2.21. The number of hydrogen-bond donors (Lipinski definition) is 0. The van der Waals surface area contributed by atoms with Gasteiger partial charge in [0, 0.05) is 33.1 Å². The zero-order valence-electron chi connectivity index (χ0n) is 21.4. The Kier molecular flexibility index (Phi) is 4.30. The number of rotatable bonds is 2. The van der Waals surface area contributed by atoms with E-state index in [0.717, 1.165) is 65.6 Å². The second-order valence-electron chi connectivity index (χ2n) is 10.3. The van der Waals surface area contributed by atoms with Crippen molar-refractivity contribution < 1.29 is 4.42 Å². The summed E-state index contributed by atoms with van der Waals surface area (Å²) in [6.45, 7) is 0. The monoisotopic (exact) mass is 511 g/mol. The van der Waals surface area contributed by atoms with E-state index in [1.54, 1.807) is 0 Å². The number of hydrogen-bond acceptors (Lipinski definition) is 3. The van der Waals surface area contributed by atoms with Gasteiger partial charge in [-0.25, -0.2) is 9.97 Å². The minimum Gasteiger partial charge on any atom is -0.455 e. The van der Waals surface area contributed by atoms with Crippen LogP contribution in [0.25, 0.3) is 82.5 Å². The van der Waals surface area contributed by atoms with Crippen molar-refractivity contribution in [3.63, 3.8) is 0 Å². The first-order valence-electron chi connectivity index (χ1n) is 13.4. The molecule has 4 heteroatoms. The van der Waals surface area contributed by atoms with E-state index in [0.29, 0.717) is 5.95 Å². The van der Waals surface area contributed by atoms with Crippen molar-refractivity contribution in [2.45, 2.75) is 0 Å². The summed E-state index contributed by atoms with van der Waals surface area (Å²) in [7, 11) is 0. The van der Waals surface area contributed by atoms with Crippen LogP contribution >= 0.6 is 0 Å². The second-order valence-corrected chi connectivity index (χ2v) is 10.3. The van der Waals surface area contributed by atoms with E-state index >= 15 is 0 Å². The molecule has 0 aliphatic carbocycles. The Morgan fingerprint density at radius 1 is 0.575 bits per heavy atom. The van der Waals surface area contributed by atoms with Gasteiger partial charge in [-0.05, 0) is 52.9 Å². The average molecular weight is 512 g/mol. The Morgan fingerprint density at radius 2 is 1.38 bits per heavy atom. The number of nitrogens with zero attached hydrogens (tertiary/aromatic N) is 3. The van der Waals surface area contributed by atoms with Crippen molar-refractivity contribution in [3.8, 4) is 17.1 Å². The number of benzene rings is 6. The number of furan rings is 1. The summed E-state index contributed by atoms with van der Waals surface area (Å²) in [5.74, 6) is 0.647. The van der Waals surface area contributed by atoms with Gasteiger partial charge < -0.3 is 4.42 Å². The molecule has 3 heterocycles. The van der Waals surface area contributed by atoms with Gasteiger partial charge in [-0.3, -0.25) is 4.57 Å². The van der Waals surface area contributed by atoms with E-state index in [4.69, 9.17) is 14.4 Å². The minimum atomic E-state index is 0.647. The third kappa shape index (κ3) is 2.96. The molecule has 0 unspecified atom stereocenters. The molecule has 0 atom stereocenters. The maximum atomic E-state index is 6.53. The van der Waals surface area contributed by atoms with Gasteiger partial charge >= 0.3 is 0 Å². The van der Waals surface area contributed by atoms with Crippen molar-refractivity contribution >= 4 is 65.4 Å². The first kappa shape index (κ1) is 21.5. The minimum absolute atomic E-state index is 0.647. The molecule has 6 aromatic carbocycles. The van der Waals surface area contributed by atoms with Gasteiger partial charge in [-0.1, -0.05) is 84.9 Å². The standard InChI is InChI=1S/C36H21N3O/c1-2-8-22(9-3-1)24-15-18-30-25(20-24)21-37-36(38-30)39-31-13-7-6-12-27(31)28-17-19-32-33(34(28)39)29-16-14-23-10-4-5-11-26(23)35(29)40-32/h1-21H. The van der Waals surface area contributed by atoms with Crippen LogP contribution in [-0.2, 0) is 0 Å². The summed E-state index contributed by atoms with van der Waals surface area (Å²) in [5, 5.41) is 7.78. The Bertz CT molecular complexity index is 2430. The third-order valence-corrected chi connectivity index (χ3v) is 8.03. The van der Waals surface area contributed by atoms with Gasteiger partial charge in [-0.15, -0.1) is 0 Å². The number of para-hydroxylation sites is 1. The molecule has 9 aromatic rings. The summed E-state index contributed by atoms with van der Waals surface area (Å²) in [4.78, 5) is 10.0. The fourth-order valence-electron chi connectivity index (χ4n) is 6.19.